The Morgan fingerprint density at radius 2 is 1.66 bits per heavy atom. The molecule has 0 aliphatic carbocycles. The third kappa shape index (κ3) is 3.97. The van der Waals surface area contributed by atoms with E-state index in [1.54, 1.807) is 66.7 Å². The molecule has 1 aliphatic heterocycles. The molecule has 0 radical (unpaired) electrons. The van der Waals surface area contributed by atoms with Crippen molar-refractivity contribution in [3.63, 3.8) is 0 Å². The highest BCUT2D eigenvalue weighted by Gasteiger charge is 2.29. The first-order valence-electron chi connectivity index (χ1n) is 8.78. The van der Waals surface area contributed by atoms with Gasteiger partial charge in [-0.25, -0.2) is 0 Å². The molecule has 2 N–H and O–H groups in total. The molecule has 0 atom stereocenters. The van der Waals surface area contributed by atoms with Crippen molar-refractivity contribution in [3.8, 4) is 5.75 Å². The number of hydrogen-bond acceptors (Lipinski definition) is 4. The molecule has 0 fully saturated rings. The van der Waals surface area contributed by atoms with Gasteiger partial charge in [-0.3, -0.25) is 19.7 Å². The minimum absolute atomic E-state index is 0.179. The standard InChI is InChI=1S/C22H15ClN2O4/c23-15-8-10-16(11-9-15)29-12-13-4-6-14(7-5-13)20(26)24-18-3-1-2-17-19(18)22(28)25-21(17)27/h1-11H,12H2,(H,24,26)(H,25,27,28). The molecule has 0 bridgehead atoms. The summed E-state index contributed by atoms with van der Waals surface area (Å²) >= 11 is 5.85. The van der Waals surface area contributed by atoms with Crippen LogP contribution in [-0.4, -0.2) is 17.7 Å². The van der Waals surface area contributed by atoms with Gasteiger partial charge in [-0.2, -0.15) is 0 Å². The number of hydrogen-bond donors (Lipinski definition) is 2. The zero-order valence-corrected chi connectivity index (χ0v) is 15.8. The molecular formula is C22H15ClN2O4. The van der Waals surface area contributed by atoms with Gasteiger partial charge < -0.3 is 10.1 Å². The van der Waals surface area contributed by atoms with Crippen molar-refractivity contribution in [2.75, 3.05) is 5.32 Å². The van der Waals surface area contributed by atoms with Crippen LogP contribution in [0.4, 0.5) is 5.69 Å². The molecule has 29 heavy (non-hydrogen) atoms. The van der Waals surface area contributed by atoms with Crippen molar-refractivity contribution in [1.29, 1.82) is 0 Å². The van der Waals surface area contributed by atoms with E-state index in [1.165, 1.54) is 0 Å². The number of carbonyl (C=O) groups is 3. The number of anilines is 1. The van der Waals surface area contributed by atoms with E-state index in [4.69, 9.17) is 16.3 Å². The summed E-state index contributed by atoms with van der Waals surface area (Å²) in [5.41, 5.74) is 2.04. The molecule has 144 valence electrons. The maximum atomic E-state index is 12.6. The molecule has 0 spiro atoms. The highest BCUT2D eigenvalue weighted by molar-refractivity contribution is 6.30. The predicted molar refractivity (Wildman–Crippen MR) is 108 cm³/mol. The molecule has 1 aliphatic rings. The van der Waals surface area contributed by atoms with E-state index < -0.39 is 11.8 Å². The molecule has 0 aromatic heterocycles. The Morgan fingerprint density at radius 1 is 0.931 bits per heavy atom. The number of benzene rings is 3. The first-order chi connectivity index (χ1) is 14.0. The lowest BCUT2D eigenvalue weighted by Gasteiger charge is -2.10. The van der Waals surface area contributed by atoms with Crippen molar-refractivity contribution in [1.82, 2.24) is 5.32 Å². The zero-order chi connectivity index (χ0) is 20.4. The lowest BCUT2D eigenvalue weighted by Crippen LogP contribution is -2.20. The van der Waals surface area contributed by atoms with Crippen LogP contribution in [0.1, 0.15) is 36.6 Å². The highest BCUT2D eigenvalue weighted by Crippen LogP contribution is 2.25. The van der Waals surface area contributed by atoms with Crippen molar-refractivity contribution >= 4 is 35.0 Å². The van der Waals surface area contributed by atoms with E-state index in [0.717, 1.165) is 5.56 Å². The summed E-state index contributed by atoms with van der Waals surface area (Å²) < 4.78 is 5.68. The van der Waals surface area contributed by atoms with Crippen LogP contribution in [0.3, 0.4) is 0 Å². The maximum Gasteiger partial charge on any atom is 0.261 e. The van der Waals surface area contributed by atoms with Crippen LogP contribution in [0.25, 0.3) is 0 Å². The molecule has 4 rings (SSSR count). The molecule has 3 aromatic carbocycles. The summed E-state index contributed by atoms with van der Waals surface area (Å²) in [6.45, 7) is 0.345. The van der Waals surface area contributed by atoms with Crippen LogP contribution in [-0.2, 0) is 6.61 Å². The van der Waals surface area contributed by atoms with Gasteiger partial charge in [0.05, 0.1) is 16.8 Å². The van der Waals surface area contributed by atoms with Crippen LogP contribution >= 0.6 is 11.6 Å². The van der Waals surface area contributed by atoms with Gasteiger partial charge in [0.15, 0.2) is 0 Å². The quantitative estimate of drug-likeness (QED) is 0.626. The Kier molecular flexibility index (Phi) is 5.01. The highest BCUT2D eigenvalue weighted by atomic mass is 35.5. The van der Waals surface area contributed by atoms with Gasteiger partial charge in [0.1, 0.15) is 12.4 Å². The first kappa shape index (κ1) is 18.7. The Balaban J connectivity index is 1.43. The third-order valence-electron chi connectivity index (χ3n) is 4.45. The van der Waals surface area contributed by atoms with Crippen LogP contribution in [0.2, 0.25) is 5.02 Å². The second-order valence-corrected chi connectivity index (χ2v) is 6.84. The predicted octanol–water partition coefficient (Wildman–Crippen LogP) is 4.05. The van der Waals surface area contributed by atoms with Gasteiger partial charge in [-0.15, -0.1) is 0 Å². The van der Waals surface area contributed by atoms with Crippen molar-refractivity contribution in [2.45, 2.75) is 6.61 Å². The van der Waals surface area contributed by atoms with E-state index >= 15 is 0 Å². The van der Waals surface area contributed by atoms with Gasteiger partial charge in [-0.1, -0.05) is 29.8 Å². The average Bonchev–Trinajstić information content (AvgIpc) is 3.02. The second-order valence-electron chi connectivity index (χ2n) is 6.41. The van der Waals surface area contributed by atoms with Gasteiger partial charge in [-0.05, 0) is 54.1 Å². The lowest BCUT2D eigenvalue weighted by molar-refractivity contribution is 0.0879. The molecule has 3 amide bonds. The first-order valence-corrected chi connectivity index (χ1v) is 9.16. The smallest absolute Gasteiger partial charge is 0.261 e. The summed E-state index contributed by atoms with van der Waals surface area (Å²) in [5, 5.41) is 5.56. The molecule has 1 heterocycles. The SMILES string of the molecule is O=C(Nc1cccc2c1C(=O)NC2=O)c1ccc(COc2ccc(Cl)cc2)cc1. The Hall–Kier alpha value is -3.64. The summed E-state index contributed by atoms with van der Waals surface area (Å²) in [4.78, 5) is 36.3. The lowest BCUT2D eigenvalue weighted by atomic mass is 10.1. The molecular weight excluding hydrogens is 392 g/mol. The van der Waals surface area contributed by atoms with E-state index in [1.807, 2.05) is 0 Å². The van der Waals surface area contributed by atoms with Crippen molar-refractivity contribution in [3.05, 3.63) is 94.0 Å². The Morgan fingerprint density at radius 3 is 2.38 bits per heavy atom. The van der Waals surface area contributed by atoms with E-state index in [2.05, 4.69) is 10.6 Å². The number of nitrogens with one attached hydrogen (secondary N) is 2. The van der Waals surface area contributed by atoms with Gasteiger partial charge in [0, 0.05) is 10.6 Å². The van der Waals surface area contributed by atoms with Crippen LogP contribution in [0.5, 0.6) is 5.75 Å². The Labute approximate surface area is 171 Å². The zero-order valence-electron chi connectivity index (χ0n) is 15.1. The largest absolute Gasteiger partial charge is 0.489 e. The monoisotopic (exact) mass is 406 g/mol. The Bertz CT molecular complexity index is 1110. The summed E-state index contributed by atoms with van der Waals surface area (Å²) in [6, 6.07) is 18.7. The summed E-state index contributed by atoms with van der Waals surface area (Å²) in [6.07, 6.45) is 0. The molecule has 3 aromatic rings. The average molecular weight is 407 g/mol. The van der Waals surface area contributed by atoms with E-state index in [-0.39, 0.29) is 17.0 Å². The minimum atomic E-state index is -0.518. The van der Waals surface area contributed by atoms with E-state index in [0.29, 0.717) is 28.6 Å². The van der Waals surface area contributed by atoms with Gasteiger partial charge >= 0.3 is 0 Å². The van der Waals surface area contributed by atoms with Crippen molar-refractivity contribution < 1.29 is 19.1 Å². The third-order valence-corrected chi connectivity index (χ3v) is 4.70. The molecule has 0 saturated heterocycles. The number of halogens is 1. The number of rotatable bonds is 5. The topological polar surface area (TPSA) is 84.5 Å². The number of fused-ring (bicyclic) bond motifs is 1. The molecule has 6 nitrogen and oxygen atoms in total. The number of ether oxygens (including phenoxy) is 1. The van der Waals surface area contributed by atoms with Crippen LogP contribution in [0, 0.1) is 0 Å². The fourth-order valence-electron chi connectivity index (χ4n) is 2.97. The summed E-state index contributed by atoms with van der Waals surface area (Å²) in [7, 11) is 0. The van der Waals surface area contributed by atoms with Crippen LogP contribution in [0.15, 0.2) is 66.7 Å². The fourth-order valence-corrected chi connectivity index (χ4v) is 3.09. The number of carbonyl (C=O) groups excluding carboxylic acids is 3. The van der Waals surface area contributed by atoms with Crippen LogP contribution < -0.4 is 15.4 Å². The second kappa shape index (κ2) is 7.77. The number of amides is 3. The molecule has 7 heteroatoms. The fraction of sp³-hybridized carbons (Fsp3) is 0.0455. The van der Waals surface area contributed by atoms with E-state index in [9.17, 15) is 14.4 Å². The normalized spacial score (nSPS) is 12.3. The van der Waals surface area contributed by atoms with Crippen molar-refractivity contribution in [2.24, 2.45) is 0 Å². The number of imide groups is 1. The summed E-state index contributed by atoms with van der Waals surface area (Å²) in [5.74, 6) is -0.667. The molecule has 0 saturated carbocycles. The molecule has 0 unspecified atom stereocenters. The maximum absolute atomic E-state index is 12.6. The minimum Gasteiger partial charge on any atom is -0.489 e. The van der Waals surface area contributed by atoms with Gasteiger partial charge in [0.25, 0.3) is 17.7 Å². The van der Waals surface area contributed by atoms with Gasteiger partial charge in [0.2, 0.25) is 0 Å².